The minimum atomic E-state index is -4.62. The van der Waals surface area contributed by atoms with E-state index in [4.69, 9.17) is 23.2 Å². The number of benzene rings is 1. The van der Waals surface area contributed by atoms with Gasteiger partial charge in [0.25, 0.3) is 5.91 Å². The largest absolute Gasteiger partial charge is 0.550 e. The van der Waals surface area contributed by atoms with Gasteiger partial charge in [-0.25, -0.2) is 0 Å². The number of carbonyl (C=O) groups is 2. The summed E-state index contributed by atoms with van der Waals surface area (Å²) in [5.41, 5.74) is 0.0511. The van der Waals surface area contributed by atoms with E-state index in [0.717, 1.165) is 0 Å². The number of carboxylic acids is 1. The van der Waals surface area contributed by atoms with E-state index < -0.39 is 43.4 Å². The van der Waals surface area contributed by atoms with Gasteiger partial charge in [0.2, 0.25) is 0 Å². The third kappa shape index (κ3) is 5.73. The first-order valence-electron chi connectivity index (χ1n) is 6.11. The molecule has 0 aliphatic heterocycles. The molecule has 0 fully saturated rings. The predicted octanol–water partition coefficient (Wildman–Crippen LogP) is 2.43. The van der Waals surface area contributed by atoms with E-state index in [9.17, 15) is 27.9 Å². The number of aliphatic carboxylic acids is 1. The molecule has 0 radical (unpaired) electrons. The minimum Gasteiger partial charge on any atom is -0.550 e. The van der Waals surface area contributed by atoms with E-state index in [1.165, 1.54) is 18.2 Å². The van der Waals surface area contributed by atoms with Crippen LogP contribution < -0.4 is 10.4 Å². The van der Waals surface area contributed by atoms with Crippen LogP contribution >= 0.6 is 23.2 Å². The van der Waals surface area contributed by atoms with Crippen LogP contribution in [0.3, 0.4) is 0 Å². The van der Waals surface area contributed by atoms with Crippen LogP contribution in [0.1, 0.15) is 23.2 Å². The number of halogens is 5. The van der Waals surface area contributed by atoms with E-state index in [1.54, 1.807) is 0 Å². The Kier molecular flexibility index (Phi) is 6.49. The Morgan fingerprint density at radius 1 is 1.23 bits per heavy atom. The van der Waals surface area contributed by atoms with Crippen molar-refractivity contribution in [1.82, 2.24) is 5.32 Å². The first kappa shape index (κ1) is 18.6. The van der Waals surface area contributed by atoms with Crippen LogP contribution in [-0.2, 0) is 4.79 Å². The lowest BCUT2D eigenvalue weighted by Gasteiger charge is -2.21. The third-order valence-corrected chi connectivity index (χ3v) is 3.59. The fourth-order valence-corrected chi connectivity index (χ4v) is 1.93. The van der Waals surface area contributed by atoms with Crippen LogP contribution in [0.4, 0.5) is 13.2 Å². The zero-order valence-corrected chi connectivity index (χ0v) is 12.6. The second-order valence-corrected chi connectivity index (χ2v) is 5.30. The first-order valence-corrected chi connectivity index (χ1v) is 6.86. The quantitative estimate of drug-likeness (QED) is 0.850. The highest BCUT2D eigenvalue weighted by Crippen LogP contribution is 2.29. The van der Waals surface area contributed by atoms with Crippen molar-refractivity contribution in [2.24, 2.45) is 5.92 Å². The highest BCUT2D eigenvalue weighted by molar-refractivity contribution is 6.42. The lowest BCUT2D eigenvalue weighted by atomic mass is 10.0. The molecule has 1 amide bonds. The number of hydrogen-bond acceptors (Lipinski definition) is 3. The number of alkyl halides is 3. The third-order valence-electron chi connectivity index (χ3n) is 2.85. The highest BCUT2D eigenvalue weighted by Gasteiger charge is 2.39. The van der Waals surface area contributed by atoms with Crippen LogP contribution in [-0.4, -0.2) is 24.6 Å². The van der Waals surface area contributed by atoms with Gasteiger partial charge in [-0.05, 0) is 31.0 Å². The summed E-state index contributed by atoms with van der Waals surface area (Å²) in [4.78, 5) is 22.0. The highest BCUT2D eigenvalue weighted by atomic mass is 35.5. The van der Waals surface area contributed by atoms with Crippen LogP contribution in [0.2, 0.25) is 10.0 Å². The normalized spacial score (nSPS) is 12.8. The van der Waals surface area contributed by atoms with Crippen molar-refractivity contribution in [1.29, 1.82) is 0 Å². The molecule has 0 aliphatic carbocycles. The molecule has 1 atom stereocenters. The first-order chi connectivity index (χ1) is 10.1. The SMILES string of the molecule is O=C([O-])CC[C@H](CNC(=O)c1ccc(Cl)c(Cl)c1)C(F)(F)F. The van der Waals surface area contributed by atoms with Gasteiger partial charge in [0.05, 0.1) is 16.0 Å². The molecule has 0 aromatic heterocycles. The Labute approximate surface area is 134 Å². The smallest absolute Gasteiger partial charge is 0.393 e. The molecule has 122 valence electrons. The van der Waals surface area contributed by atoms with Crippen LogP contribution in [0, 0.1) is 5.92 Å². The lowest BCUT2D eigenvalue weighted by Crippen LogP contribution is -2.37. The molecule has 0 bridgehead atoms. The molecule has 1 aromatic rings. The Morgan fingerprint density at radius 2 is 1.86 bits per heavy atom. The fourth-order valence-electron chi connectivity index (χ4n) is 1.63. The average Bonchev–Trinajstić information content (AvgIpc) is 2.39. The van der Waals surface area contributed by atoms with Crippen LogP contribution in [0.25, 0.3) is 0 Å². The summed E-state index contributed by atoms with van der Waals surface area (Å²) < 4.78 is 38.2. The Bertz CT molecular complexity index is 564. The van der Waals surface area contributed by atoms with Gasteiger partial charge in [-0.15, -0.1) is 0 Å². The molecule has 22 heavy (non-hydrogen) atoms. The molecule has 1 N–H and O–H groups in total. The maximum atomic E-state index is 12.7. The minimum absolute atomic E-state index is 0.0511. The summed E-state index contributed by atoms with van der Waals surface area (Å²) in [5.74, 6) is -4.32. The Morgan fingerprint density at radius 3 is 2.36 bits per heavy atom. The summed E-state index contributed by atoms with van der Waals surface area (Å²) in [6.45, 7) is -0.740. The number of nitrogens with one attached hydrogen (secondary N) is 1. The van der Waals surface area contributed by atoms with Crippen LogP contribution in [0.15, 0.2) is 18.2 Å². The van der Waals surface area contributed by atoms with Gasteiger partial charge in [0.1, 0.15) is 0 Å². The van der Waals surface area contributed by atoms with Crippen molar-refractivity contribution in [3.8, 4) is 0 Å². The number of carbonyl (C=O) groups excluding carboxylic acids is 2. The molecule has 0 saturated heterocycles. The maximum absolute atomic E-state index is 12.7. The van der Waals surface area contributed by atoms with Crippen molar-refractivity contribution in [2.45, 2.75) is 19.0 Å². The van der Waals surface area contributed by atoms with Crippen molar-refractivity contribution < 1.29 is 27.9 Å². The second kappa shape index (κ2) is 7.69. The van der Waals surface area contributed by atoms with Crippen molar-refractivity contribution >= 4 is 35.1 Å². The van der Waals surface area contributed by atoms with Gasteiger partial charge < -0.3 is 15.2 Å². The van der Waals surface area contributed by atoms with Crippen molar-refractivity contribution in [3.63, 3.8) is 0 Å². The number of amides is 1. The number of hydrogen-bond donors (Lipinski definition) is 1. The molecule has 1 aromatic carbocycles. The molecule has 0 aliphatic rings. The molecule has 0 saturated carbocycles. The molecule has 9 heteroatoms. The number of carboxylic acid groups (broad SMARTS) is 1. The van der Waals surface area contributed by atoms with E-state index in [1.807, 2.05) is 0 Å². The molecule has 0 spiro atoms. The van der Waals surface area contributed by atoms with Gasteiger partial charge in [-0.2, -0.15) is 13.2 Å². The molecule has 1 rings (SSSR count). The van der Waals surface area contributed by atoms with E-state index in [2.05, 4.69) is 5.32 Å². The van der Waals surface area contributed by atoms with E-state index in [0.29, 0.717) is 0 Å². The summed E-state index contributed by atoms with van der Waals surface area (Å²) in [6, 6.07) is 3.88. The molecule has 4 nitrogen and oxygen atoms in total. The van der Waals surface area contributed by atoms with Gasteiger partial charge >= 0.3 is 6.18 Å². The monoisotopic (exact) mass is 356 g/mol. The molecule has 0 heterocycles. The summed E-state index contributed by atoms with van der Waals surface area (Å²) in [5, 5.41) is 12.7. The molecular formula is C13H11Cl2F3NO3-. The Balaban J connectivity index is 2.69. The molecule has 0 unspecified atom stereocenters. The van der Waals surface area contributed by atoms with Crippen LogP contribution in [0.5, 0.6) is 0 Å². The van der Waals surface area contributed by atoms with Gasteiger partial charge in [-0.3, -0.25) is 4.79 Å². The second-order valence-electron chi connectivity index (χ2n) is 4.49. The summed E-state index contributed by atoms with van der Waals surface area (Å²) >= 11 is 11.4. The van der Waals surface area contributed by atoms with Gasteiger partial charge in [0.15, 0.2) is 0 Å². The lowest BCUT2D eigenvalue weighted by molar-refractivity contribution is -0.306. The van der Waals surface area contributed by atoms with E-state index >= 15 is 0 Å². The van der Waals surface area contributed by atoms with Gasteiger partial charge in [0, 0.05) is 18.1 Å². The summed E-state index contributed by atoms with van der Waals surface area (Å²) in [6.07, 6.45) is -6.04. The predicted molar refractivity (Wildman–Crippen MR) is 72.6 cm³/mol. The van der Waals surface area contributed by atoms with Crippen molar-refractivity contribution in [3.05, 3.63) is 33.8 Å². The van der Waals surface area contributed by atoms with Crippen molar-refractivity contribution in [2.75, 3.05) is 6.54 Å². The fraction of sp³-hybridized carbons (Fsp3) is 0.385. The van der Waals surface area contributed by atoms with Gasteiger partial charge in [-0.1, -0.05) is 23.2 Å². The topological polar surface area (TPSA) is 69.2 Å². The number of rotatable bonds is 6. The zero-order valence-electron chi connectivity index (χ0n) is 11.0. The standard InChI is InChI=1S/C13H12Cl2F3NO3/c14-9-3-1-7(5-10(9)15)12(22)19-6-8(13(16,17)18)2-4-11(20)21/h1,3,5,8H,2,4,6H2,(H,19,22)(H,20,21)/p-1/t8-/m1/s1. The zero-order chi connectivity index (χ0) is 16.9. The average molecular weight is 357 g/mol. The molecular weight excluding hydrogens is 346 g/mol. The van der Waals surface area contributed by atoms with E-state index in [-0.39, 0.29) is 15.6 Å². The Hall–Kier alpha value is -1.47. The summed E-state index contributed by atoms with van der Waals surface area (Å²) in [7, 11) is 0. The maximum Gasteiger partial charge on any atom is 0.393 e.